The van der Waals surface area contributed by atoms with Crippen LogP contribution in [0.1, 0.15) is 45.2 Å². The molecule has 0 saturated heterocycles. The maximum Gasteiger partial charge on any atom is 0.356 e. The number of nitrogens with one attached hydrogen (secondary N) is 1. The number of aromatic amines is 1. The molecular formula is C23H33N2O6P. The van der Waals surface area contributed by atoms with Crippen LogP contribution in [0.15, 0.2) is 46.1 Å². The van der Waals surface area contributed by atoms with E-state index in [4.69, 9.17) is 13.8 Å². The molecule has 1 N–H and O–H groups in total. The largest absolute Gasteiger partial charge is 0.368 e. The second-order valence-corrected chi connectivity index (χ2v) is 10.9. The van der Waals surface area contributed by atoms with E-state index in [0.717, 1.165) is 12.0 Å². The predicted molar refractivity (Wildman–Crippen MR) is 123 cm³/mol. The van der Waals surface area contributed by atoms with Gasteiger partial charge in [0.05, 0.1) is 18.8 Å². The van der Waals surface area contributed by atoms with Crippen molar-refractivity contribution < 1.29 is 18.3 Å². The Morgan fingerprint density at radius 1 is 1.12 bits per heavy atom. The summed E-state index contributed by atoms with van der Waals surface area (Å²) in [4.78, 5) is 26.5. The zero-order valence-corrected chi connectivity index (χ0v) is 20.3. The molecule has 0 unspecified atom stereocenters. The molecule has 2 aromatic rings. The van der Waals surface area contributed by atoms with E-state index in [9.17, 15) is 14.2 Å². The van der Waals surface area contributed by atoms with Crippen molar-refractivity contribution >= 4 is 7.60 Å². The Hall–Kier alpha value is -1.99. The number of nitrogens with zero attached hydrogens (tertiary/aromatic N) is 1. The maximum atomic E-state index is 13.0. The third-order valence-electron chi connectivity index (χ3n) is 5.53. The Bertz CT molecular complexity index is 1060. The van der Waals surface area contributed by atoms with Crippen molar-refractivity contribution in [1.82, 2.24) is 9.55 Å². The second kappa shape index (κ2) is 9.87. The highest BCUT2D eigenvalue weighted by atomic mass is 31.2. The first-order valence-corrected chi connectivity index (χ1v) is 12.7. The van der Waals surface area contributed by atoms with Gasteiger partial charge in [0.1, 0.15) is 6.35 Å². The van der Waals surface area contributed by atoms with E-state index in [2.05, 4.69) is 4.98 Å². The molecule has 1 heterocycles. The summed E-state index contributed by atoms with van der Waals surface area (Å²) in [5.41, 5.74) is 0.477. The molecule has 2 atom stereocenters. The summed E-state index contributed by atoms with van der Waals surface area (Å²) in [6, 6.07) is 9.96. The average Bonchev–Trinajstić information content (AvgIpc) is 3.39. The van der Waals surface area contributed by atoms with Crippen LogP contribution in [0.2, 0.25) is 0 Å². The van der Waals surface area contributed by atoms with Gasteiger partial charge in [-0.15, -0.1) is 0 Å². The Kier molecular flexibility index (Phi) is 7.61. The van der Waals surface area contributed by atoms with Crippen molar-refractivity contribution in [1.29, 1.82) is 0 Å². The molecule has 0 aliphatic heterocycles. The summed E-state index contributed by atoms with van der Waals surface area (Å²) in [7, 11) is -3.38. The van der Waals surface area contributed by atoms with Crippen molar-refractivity contribution in [2.45, 2.75) is 65.2 Å². The van der Waals surface area contributed by atoms with Crippen LogP contribution >= 0.6 is 7.60 Å². The molecule has 1 aromatic carbocycles. The summed E-state index contributed by atoms with van der Waals surface area (Å²) in [5, 5.41) is 0. The van der Waals surface area contributed by atoms with Crippen LogP contribution < -0.4 is 11.2 Å². The first kappa shape index (κ1) is 24.6. The molecule has 1 aromatic heterocycles. The van der Waals surface area contributed by atoms with Crippen LogP contribution in [0.25, 0.3) is 0 Å². The topological polar surface area (TPSA) is 99.6 Å². The molecule has 1 aliphatic carbocycles. The molecular weight excluding hydrogens is 431 g/mol. The highest BCUT2D eigenvalue weighted by molar-refractivity contribution is 7.53. The molecule has 1 saturated carbocycles. The van der Waals surface area contributed by atoms with E-state index in [1.54, 1.807) is 17.7 Å². The summed E-state index contributed by atoms with van der Waals surface area (Å²) in [5.74, 6) is 0.121. The van der Waals surface area contributed by atoms with Gasteiger partial charge in [-0.2, -0.15) is 0 Å². The molecule has 3 rings (SSSR count). The lowest BCUT2D eigenvalue weighted by Crippen LogP contribution is -2.34. The number of rotatable bonds is 11. The molecule has 32 heavy (non-hydrogen) atoms. The highest BCUT2D eigenvalue weighted by Gasteiger charge is 2.55. The van der Waals surface area contributed by atoms with E-state index in [1.165, 1.54) is 0 Å². The molecule has 9 heteroatoms. The highest BCUT2D eigenvalue weighted by Crippen LogP contribution is 2.56. The van der Waals surface area contributed by atoms with Gasteiger partial charge in [-0.1, -0.05) is 30.3 Å². The Balaban J connectivity index is 1.76. The summed E-state index contributed by atoms with van der Waals surface area (Å²) in [6.45, 7) is 9.69. The lowest BCUT2D eigenvalue weighted by molar-refractivity contribution is 0.0924. The average molecular weight is 464 g/mol. The molecule has 1 aliphatic rings. The van der Waals surface area contributed by atoms with Gasteiger partial charge in [-0.3, -0.25) is 18.9 Å². The van der Waals surface area contributed by atoms with Gasteiger partial charge < -0.3 is 13.8 Å². The van der Waals surface area contributed by atoms with E-state index in [-0.39, 0.29) is 35.4 Å². The van der Waals surface area contributed by atoms with Crippen molar-refractivity contribution in [2.75, 3.05) is 13.0 Å². The van der Waals surface area contributed by atoms with E-state index < -0.39 is 13.3 Å². The molecule has 0 bridgehead atoms. The lowest BCUT2D eigenvalue weighted by Gasteiger charge is -2.23. The van der Waals surface area contributed by atoms with Gasteiger partial charge in [0.2, 0.25) is 0 Å². The normalized spacial score (nSPS) is 20.8. The number of ether oxygens (including phenoxy) is 1. The Morgan fingerprint density at radius 3 is 2.34 bits per heavy atom. The molecule has 8 nitrogen and oxygen atoms in total. The fraction of sp³-hybridized carbons (Fsp3) is 0.565. The van der Waals surface area contributed by atoms with Crippen LogP contribution in [0.4, 0.5) is 0 Å². The minimum atomic E-state index is -3.38. The van der Waals surface area contributed by atoms with Gasteiger partial charge in [0.15, 0.2) is 0 Å². The Morgan fingerprint density at radius 2 is 1.75 bits per heavy atom. The summed E-state index contributed by atoms with van der Waals surface area (Å²) < 4.78 is 31.5. The third-order valence-corrected chi connectivity index (χ3v) is 7.52. The zero-order valence-electron chi connectivity index (χ0n) is 19.4. The second-order valence-electron chi connectivity index (χ2n) is 9.04. The van der Waals surface area contributed by atoms with Crippen molar-refractivity contribution in [3.05, 3.63) is 68.5 Å². The fourth-order valence-corrected chi connectivity index (χ4v) is 5.87. The third kappa shape index (κ3) is 5.87. The van der Waals surface area contributed by atoms with Crippen molar-refractivity contribution in [2.24, 2.45) is 5.92 Å². The lowest BCUT2D eigenvalue weighted by atomic mass is 9.93. The van der Waals surface area contributed by atoms with Crippen LogP contribution in [0, 0.1) is 12.8 Å². The summed E-state index contributed by atoms with van der Waals surface area (Å²) in [6.07, 6.45) is 1.79. The van der Waals surface area contributed by atoms with Crippen LogP contribution in [-0.4, -0.2) is 34.7 Å². The fourth-order valence-electron chi connectivity index (χ4n) is 4.08. The van der Waals surface area contributed by atoms with Gasteiger partial charge in [-0.25, -0.2) is 4.79 Å². The van der Waals surface area contributed by atoms with Gasteiger partial charge in [-0.05, 0) is 52.5 Å². The first-order chi connectivity index (χ1) is 15.0. The number of H-pyrrole nitrogens is 1. The van der Waals surface area contributed by atoms with E-state index in [1.807, 2.05) is 58.0 Å². The zero-order chi connectivity index (χ0) is 23.5. The van der Waals surface area contributed by atoms with Gasteiger partial charge in [0.25, 0.3) is 5.56 Å². The Labute approximate surface area is 188 Å². The van der Waals surface area contributed by atoms with Crippen LogP contribution in [-0.2, 0) is 30.3 Å². The molecule has 176 valence electrons. The van der Waals surface area contributed by atoms with Crippen molar-refractivity contribution in [3.63, 3.8) is 0 Å². The number of aryl methyl sites for hydroxylation is 1. The smallest absolute Gasteiger partial charge is 0.356 e. The summed E-state index contributed by atoms with van der Waals surface area (Å²) >= 11 is 0. The molecule has 0 spiro atoms. The number of aromatic nitrogens is 2. The van der Waals surface area contributed by atoms with Gasteiger partial charge in [0, 0.05) is 23.7 Å². The monoisotopic (exact) mass is 464 g/mol. The SMILES string of the molecule is Cc1cn(C[C@]2(c3ccccc3)C[C@@H]2COCP(=O)(OC(C)C)OC(C)C)c(=O)[nH]c1=O. The first-order valence-electron chi connectivity index (χ1n) is 10.9. The van der Waals surface area contributed by atoms with E-state index in [0.29, 0.717) is 18.7 Å². The predicted octanol–water partition coefficient (Wildman–Crippen LogP) is 3.82. The molecule has 0 amide bonds. The quantitative estimate of drug-likeness (QED) is 0.508. The standard InChI is InChI=1S/C23H33N2O6P/c1-16(2)30-32(28,31-17(3)4)15-29-13-20-11-23(20,19-9-7-6-8-10-19)14-25-12-18(5)21(26)24-22(25)27/h6-10,12,16-17,20H,11,13-15H2,1-5H3,(H,24,26,27)/t20-,23+/m1/s1. The van der Waals surface area contributed by atoms with Crippen LogP contribution in [0.5, 0.6) is 0 Å². The number of benzene rings is 1. The number of hydrogen-bond acceptors (Lipinski definition) is 6. The number of hydrogen-bond donors (Lipinski definition) is 1. The van der Waals surface area contributed by atoms with Crippen molar-refractivity contribution in [3.8, 4) is 0 Å². The van der Waals surface area contributed by atoms with Crippen LogP contribution in [0.3, 0.4) is 0 Å². The molecule has 0 radical (unpaired) electrons. The minimum Gasteiger partial charge on any atom is -0.368 e. The molecule has 1 fully saturated rings. The minimum absolute atomic E-state index is 0.121. The maximum absolute atomic E-state index is 13.0. The van der Waals surface area contributed by atoms with Gasteiger partial charge >= 0.3 is 13.3 Å². The van der Waals surface area contributed by atoms with E-state index >= 15 is 0 Å².